The average molecular weight is 241 g/mol. The van der Waals surface area contributed by atoms with Crippen LogP contribution < -0.4 is 0 Å². The normalized spacial score (nSPS) is 11.9. The molecule has 0 saturated carbocycles. The van der Waals surface area contributed by atoms with Crippen molar-refractivity contribution in [3.63, 3.8) is 0 Å². The molecule has 1 aromatic rings. The predicted octanol–water partition coefficient (Wildman–Crippen LogP) is 0.579. The Kier molecular flexibility index (Phi) is 4.62. The van der Waals surface area contributed by atoms with Crippen LogP contribution in [0.15, 0.2) is 6.20 Å². The van der Waals surface area contributed by atoms with Crippen LogP contribution in [0.3, 0.4) is 0 Å². The average Bonchev–Trinajstić information content (AvgIpc) is 2.78. The molecule has 0 saturated heterocycles. The van der Waals surface area contributed by atoms with E-state index < -0.39 is 18.0 Å². The lowest BCUT2D eigenvalue weighted by atomic mass is 10.3. The molecule has 1 aromatic heterocycles. The smallest absolute Gasteiger partial charge is 0.360 e. The largest absolute Gasteiger partial charge is 0.464 e. The number of carbonyl (C=O) groups is 2. The van der Waals surface area contributed by atoms with Gasteiger partial charge in [-0.3, -0.25) is 0 Å². The van der Waals surface area contributed by atoms with Gasteiger partial charge in [0.05, 0.1) is 19.4 Å². The molecule has 94 valence electrons. The summed E-state index contributed by atoms with van der Waals surface area (Å²) < 4.78 is 10.9. The Morgan fingerprint density at radius 3 is 2.59 bits per heavy atom. The summed E-state index contributed by atoms with van der Waals surface area (Å²) in [6, 6.07) is -0.620. The van der Waals surface area contributed by atoms with Gasteiger partial charge >= 0.3 is 11.9 Å². The van der Waals surface area contributed by atoms with Crippen molar-refractivity contribution in [2.75, 3.05) is 13.2 Å². The molecular formula is C10H15N3O4. The molecule has 0 fully saturated rings. The summed E-state index contributed by atoms with van der Waals surface area (Å²) in [6.07, 6.45) is 1.36. The van der Waals surface area contributed by atoms with Crippen molar-refractivity contribution in [1.82, 2.24) is 15.0 Å². The number of hydrogen-bond donors (Lipinski definition) is 0. The minimum Gasteiger partial charge on any atom is -0.464 e. The van der Waals surface area contributed by atoms with Crippen molar-refractivity contribution >= 4 is 11.9 Å². The highest BCUT2D eigenvalue weighted by Crippen LogP contribution is 2.07. The molecule has 7 heteroatoms. The number of ether oxygens (including phenoxy) is 2. The maximum absolute atomic E-state index is 11.4. The third-order valence-corrected chi connectivity index (χ3v) is 2.02. The molecule has 0 aliphatic heterocycles. The van der Waals surface area contributed by atoms with Crippen LogP contribution in [0.5, 0.6) is 0 Å². The molecule has 0 bridgehead atoms. The van der Waals surface area contributed by atoms with Crippen LogP contribution in [0.2, 0.25) is 0 Å². The highest BCUT2D eigenvalue weighted by molar-refractivity contribution is 5.86. The number of hydrogen-bond acceptors (Lipinski definition) is 6. The predicted molar refractivity (Wildman–Crippen MR) is 57.3 cm³/mol. The van der Waals surface area contributed by atoms with E-state index in [1.165, 1.54) is 10.9 Å². The lowest BCUT2D eigenvalue weighted by Crippen LogP contribution is -2.19. The van der Waals surface area contributed by atoms with E-state index in [0.717, 1.165) is 0 Å². The molecule has 1 rings (SSSR count). The zero-order valence-electron chi connectivity index (χ0n) is 10.0. The van der Waals surface area contributed by atoms with Crippen LogP contribution in [0.25, 0.3) is 0 Å². The van der Waals surface area contributed by atoms with Gasteiger partial charge in [-0.15, -0.1) is 5.10 Å². The Morgan fingerprint density at radius 2 is 2.00 bits per heavy atom. The van der Waals surface area contributed by atoms with E-state index in [0.29, 0.717) is 6.61 Å². The van der Waals surface area contributed by atoms with Crippen molar-refractivity contribution in [2.24, 2.45) is 0 Å². The number of nitrogens with zero attached hydrogens (tertiary/aromatic N) is 3. The molecule has 1 atom stereocenters. The van der Waals surface area contributed by atoms with Crippen LogP contribution >= 0.6 is 0 Å². The molecular weight excluding hydrogens is 226 g/mol. The van der Waals surface area contributed by atoms with Crippen molar-refractivity contribution in [3.05, 3.63) is 11.9 Å². The fraction of sp³-hybridized carbons (Fsp3) is 0.600. The van der Waals surface area contributed by atoms with Crippen LogP contribution in [0.4, 0.5) is 0 Å². The van der Waals surface area contributed by atoms with Crippen molar-refractivity contribution < 1.29 is 19.1 Å². The summed E-state index contributed by atoms with van der Waals surface area (Å²) >= 11 is 0. The van der Waals surface area contributed by atoms with Gasteiger partial charge in [-0.1, -0.05) is 5.21 Å². The molecule has 7 nitrogen and oxygen atoms in total. The first-order chi connectivity index (χ1) is 8.10. The van der Waals surface area contributed by atoms with E-state index in [4.69, 9.17) is 9.47 Å². The fourth-order valence-electron chi connectivity index (χ4n) is 1.14. The first-order valence-electron chi connectivity index (χ1n) is 5.35. The second kappa shape index (κ2) is 5.97. The van der Waals surface area contributed by atoms with E-state index in [9.17, 15) is 9.59 Å². The van der Waals surface area contributed by atoms with Gasteiger partial charge in [0.15, 0.2) is 5.69 Å². The number of esters is 2. The van der Waals surface area contributed by atoms with Gasteiger partial charge in [0.25, 0.3) is 0 Å². The molecule has 0 aromatic carbocycles. The van der Waals surface area contributed by atoms with Gasteiger partial charge in [-0.25, -0.2) is 14.3 Å². The first-order valence-corrected chi connectivity index (χ1v) is 5.35. The fourth-order valence-corrected chi connectivity index (χ4v) is 1.14. The zero-order chi connectivity index (χ0) is 12.8. The van der Waals surface area contributed by atoms with Crippen molar-refractivity contribution in [3.8, 4) is 0 Å². The van der Waals surface area contributed by atoms with Crippen LogP contribution in [0, 0.1) is 0 Å². The van der Waals surface area contributed by atoms with E-state index in [1.807, 2.05) is 0 Å². The monoisotopic (exact) mass is 241 g/mol. The van der Waals surface area contributed by atoms with Gasteiger partial charge < -0.3 is 9.47 Å². The van der Waals surface area contributed by atoms with Crippen LogP contribution in [-0.2, 0) is 14.3 Å². The Morgan fingerprint density at radius 1 is 1.35 bits per heavy atom. The Balaban J connectivity index is 2.73. The summed E-state index contributed by atoms with van der Waals surface area (Å²) in [5.41, 5.74) is 0.0722. The minimum atomic E-state index is -0.620. The minimum absolute atomic E-state index is 0.0722. The van der Waals surface area contributed by atoms with Crippen LogP contribution in [0.1, 0.15) is 37.3 Å². The van der Waals surface area contributed by atoms with Crippen LogP contribution in [-0.4, -0.2) is 40.1 Å². The van der Waals surface area contributed by atoms with Gasteiger partial charge in [0.1, 0.15) is 6.04 Å². The molecule has 0 aliphatic rings. The van der Waals surface area contributed by atoms with Crippen molar-refractivity contribution in [1.29, 1.82) is 0 Å². The van der Waals surface area contributed by atoms with Crippen molar-refractivity contribution in [2.45, 2.75) is 26.8 Å². The Bertz CT molecular complexity index is 402. The summed E-state index contributed by atoms with van der Waals surface area (Å²) in [6.45, 7) is 5.59. The lowest BCUT2D eigenvalue weighted by molar-refractivity contribution is -0.146. The van der Waals surface area contributed by atoms with Gasteiger partial charge in [0, 0.05) is 0 Å². The second-order valence-electron chi connectivity index (χ2n) is 3.23. The summed E-state index contributed by atoms with van der Waals surface area (Å²) in [5.74, 6) is -0.984. The molecule has 1 unspecified atom stereocenters. The maximum Gasteiger partial charge on any atom is 0.360 e. The summed E-state index contributed by atoms with van der Waals surface area (Å²) in [4.78, 5) is 22.7. The number of rotatable bonds is 5. The third-order valence-electron chi connectivity index (χ3n) is 2.02. The Labute approximate surface area is 98.7 Å². The second-order valence-corrected chi connectivity index (χ2v) is 3.23. The van der Waals surface area contributed by atoms with Gasteiger partial charge in [-0.05, 0) is 20.8 Å². The molecule has 0 radical (unpaired) electrons. The Hall–Kier alpha value is -1.92. The van der Waals surface area contributed by atoms with Gasteiger partial charge in [0.2, 0.25) is 0 Å². The maximum atomic E-state index is 11.4. The quantitative estimate of drug-likeness (QED) is 0.701. The molecule has 0 spiro atoms. The van der Waals surface area contributed by atoms with E-state index in [-0.39, 0.29) is 12.3 Å². The highest BCUT2D eigenvalue weighted by atomic mass is 16.5. The standard InChI is InChI=1S/C10H15N3O4/c1-4-16-9(14)7(3)13-6-8(11-12-13)10(15)17-5-2/h6-7H,4-5H2,1-3H3. The zero-order valence-corrected chi connectivity index (χ0v) is 10.0. The van der Waals surface area contributed by atoms with E-state index >= 15 is 0 Å². The van der Waals surface area contributed by atoms with E-state index in [2.05, 4.69) is 10.3 Å². The first kappa shape index (κ1) is 13.1. The van der Waals surface area contributed by atoms with E-state index in [1.54, 1.807) is 20.8 Å². The highest BCUT2D eigenvalue weighted by Gasteiger charge is 2.20. The summed E-state index contributed by atoms with van der Waals surface area (Å²) in [7, 11) is 0. The molecule has 17 heavy (non-hydrogen) atoms. The molecule has 0 aliphatic carbocycles. The lowest BCUT2D eigenvalue weighted by Gasteiger charge is -2.09. The third kappa shape index (κ3) is 3.27. The topological polar surface area (TPSA) is 83.3 Å². The molecule has 1 heterocycles. The molecule has 0 N–H and O–H groups in total. The summed E-state index contributed by atoms with van der Waals surface area (Å²) in [5, 5.41) is 7.32. The molecule has 0 amide bonds. The number of aromatic nitrogens is 3. The SMILES string of the molecule is CCOC(=O)c1cn(C(C)C(=O)OCC)nn1. The number of carbonyl (C=O) groups excluding carboxylic acids is 2. The van der Waals surface area contributed by atoms with Gasteiger partial charge in [-0.2, -0.15) is 0 Å².